The molecule has 0 aromatic heterocycles. The first-order valence-electron chi connectivity index (χ1n) is 14.4. The first-order valence-corrected chi connectivity index (χ1v) is 14.4. The molecule has 0 aromatic rings. The molecule has 3 aliphatic rings. The zero-order chi connectivity index (χ0) is 29.3. The number of carbonyl (C=O) groups is 2. The van der Waals surface area contributed by atoms with Crippen molar-refractivity contribution >= 4 is 11.8 Å². The molecule has 0 amide bonds. The molecule has 0 bridgehead atoms. The number of Topliss-reactive ketones (excluding diaryl/α,β-unsaturated/α-hetero) is 1. The van der Waals surface area contributed by atoms with Gasteiger partial charge in [0.05, 0.1) is 17.8 Å². The molecule has 10 nitrogen and oxygen atoms in total. The van der Waals surface area contributed by atoms with Crippen molar-refractivity contribution in [1.29, 1.82) is 0 Å². The number of esters is 1. The topological polar surface area (TPSA) is 110 Å². The van der Waals surface area contributed by atoms with E-state index in [2.05, 4.69) is 24.2 Å². The Kier molecular flexibility index (Phi) is 10.6. The number of rotatable bonds is 5. The third kappa shape index (κ3) is 7.02. The van der Waals surface area contributed by atoms with Crippen LogP contribution in [-0.2, 0) is 28.5 Å². The minimum Gasteiger partial charge on any atom is -0.463 e. The maximum atomic E-state index is 14.0. The summed E-state index contributed by atoms with van der Waals surface area (Å²) in [4.78, 5) is 31.6. The van der Waals surface area contributed by atoms with Crippen LogP contribution in [0.25, 0.3) is 0 Å². The van der Waals surface area contributed by atoms with Crippen molar-refractivity contribution in [2.75, 3.05) is 54.5 Å². The average Bonchev–Trinajstić information content (AvgIpc) is 2.83. The summed E-state index contributed by atoms with van der Waals surface area (Å²) < 4.78 is 24.7. The highest BCUT2D eigenvalue weighted by Crippen LogP contribution is 2.38. The van der Waals surface area contributed by atoms with E-state index >= 15 is 0 Å². The summed E-state index contributed by atoms with van der Waals surface area (Å²) in [5, 5.41) is 14.5. The normalized spacial score (nSPS) is 41.7. The van der Waals surface area contributed by atoms with E-state index < -0.39 is 41.4 Å². The fourth-order valence-corrected chi connectivity index (χ4v) is 6.64. The number of methoxy groups -OCH3 is 1. The molecule has 39 heavy (non-hydrogen) atoms. The second-order valence-electron chi connectivity index (χ2n) is 13.3. The number of nitrogens with zero attached hydrogens (tertiary/aromatic N) is 2. The second-order valence-corrected chi connectivity index (χ2v) is 13.3. The molecular weight excluding hydrogens is 502 g/mol. The molecule has 0 spiro atoms. The average molecular weight is 556 g/mol. The molecule has 3 fully saturated rings. The molecule has 3 rings (SSSR count). The minimum absolute atomic E-state index is 0.0535. The van der Waals surface area contributed by atoms with Crippen LogP contribution in [0.15, 0.2) is 0 Å². The summed E-state index contributed by atoms with van der Waals surface area (Å²) in [6.45, 7) is 13.9. The minimum atomic E-state index is -1.39. The molecule has 9 atom stereocenters. The van der Waals surface area contributed by atoms with Crippen molar-refractivity contribution in [2.45, 2.75) is 96.7 Å². The van der Waals surface area contributed by atoms with E-state index in [1.54, 1.807) is 27.9 Å². The van der Waals surface area contributed by atoms with Crippen molar-refractivity contribution in [1.82, 2.24) is 15.1 Å². The maximum Gasteiger partial charge on any atom is 0.319 e. The predicted octanol–water partition coefficient (Wildman–Crippen LogP) is 1.54. The van der Waals surface area contributed by atoms with Crippen molar-refractivity contribution in [3.05, 3.63) is 0 Å². The molecule has 1 unspecified atom stereocenters. The maximum absolute atomic E-state index is 14.0. The summed E-state index contributed by atoms with van der Waals surface area (Å²) in [7, 11) is 7.55. The Morgan fingerprint density at radius 3 is 2.31 bits per heavy atom. The molecule has 0 radical (unpaired) electrons. The van der Waals surface area contributed by atoms with Gasteiger partial charge in [-0.05, 0) is 67.6 Å². The van der Waals surface area contributed by atoms with Gasteiger partial charge in [-0.1, -0.05) is 13.8 Å². The van der Waals surface area contributed by atoms with Crippen LogP contribution >= 0.6 is 0 Å². The van der Waals surface area contributed by atoms with Gasteiger partial charge in [-0.3, -0.25) is 14.5 Å². The zero-order valence-electron chi connectivity index (χ0n) is 25.7. The van der Waals surface area contributed by atoms with Gasteiger partial charge in [-0.2, -0.15) is 0 Å². The van der Waals surface area contributed by atoms with Gasteiger partial charge in [-0.25, -0.2) is 0 Å². The van der Waals surface area contributed by atoms with Crippen molar-refractivity contribution in [3.63, 3.8) is 0 Å². The van der Waals surface area contributed by atoms with E-state index in [1.165, 1.54) is 0 Å². The second kappa shape index (κ2) is 12.8. The van der Waals surface area contributed by atoms with Crippen molar-refractivity contribution < 1.29 is 33.6 Å². The highest BCUT2D eigenvalue weighted by Gasteiger charge is 2.51. The Morgan fingerprint density at radius 1 is 1.13 bits per heavy atom. The Balaban J connectivity index is 1.99. The number of ketones is 1. The molecule has 2 N–H and O–H groups in total. The molecule has 0 aromatic carbocycles. The summed E-state index contributed by atoms with van der Waals surface area (Å²) in [5.41, 5.74) is -2.28. The quantitative estimate of drug-likeness (QED) is 0.383. The number of hydrogen-bond donors (Lipinski definition) is 2. The summed E-state index contributed by atoms with van der Waals surface area (Å²) in [6, 6.07) is -0.108. The lowest BCUT2D eigenvalue weighted by Crippen LogP contribution is -2.59. The van der Waals surface area contributed by atoms with Crippen molar-refractivity contribution in [2.24, 2.45) is 23.2 Å². The SMILES string of the molecule is CO[C@]1(C)C[C@@H](C)CN(C)C(C2CNC2)COC(=O)C(C)(C)C(=O)[C@H](C)[C@H]1O[C@@H]1O[C@H](C)C[C@H](N(C)C)[C@H]1O. The molecule has 0 saturated carbocycles. The smallest absolute Gasteiger partial charge is 0.319 e. The van der Waals surface area contributed by atoms with E-state index in [9.17, 15) is 14.7 Å². The van der Waals surface area contributed by atoms with Crippen LogP contribution in [0.4, 0.5) is 0 Å². The zero-order valence-corrected chi connectivity index (χ0v) is 25.7. The number of ether oxygens (including phenoxy) is 4. The number of aliphatic hydroxyl groups excluding tert-OH is 1. The Labute approximate surface area is 235 Å². The van der Waals surface area contributed by atoms with E-state index in [0.717, 1.165) is 19.6 Å². The number of cyclic esters (lactones) is 1. The first-order chi connectivity index (χ1) is 18.1. The number of aliphatic hydroxyl groups is 1. The Morgan fingerprint density at radius 2 is 1.77 bits per heavy atom. The molecule has 0 aliphatic carbocycles. The van der Waals surface area contributed by atoms with Gasteiger partial charge in [-0.15, -0.1) is 0 Å². The molecule has 10 heteroatoms. The van der Waals surface area contributed by atoms with Crippen LogP contribution in [0.3, 0.4) is 0 Å². The van der Waals surface area contributed by atoms with Crippen LogP contribution in [-0.4, -0.2) is 123 Å². The third-order valence-corrected chi connectivity index (χ3v) is 9.28. The van der Waals surface area contributed by atoms with Crippen molar-refractivity contribution in [3.8, 4) is 0 Å². The number of nitrogens with one attached hydrogen (secondary N) is 1. The summed E-state index contributed by atoms with van der Waals surface area (Å²) in [5.74, 6) is -1.00. The van der Waals surface area contributed by atoms with E-state index in [-0.39, 0.29) is 36.5 Å². The first kappa shape index (κ1) is 32.4. The molecular formula is C29H53N3O7. The molecule has 226 valence electrons. The lowest BCUT2D eigenvalue weighted by Gasteiger charge is -2.47. The van der Waals surface area contributed by atoms with E-state index in [1.807, 2.05) is 32.8 Å². The van der Waals surface area contributed by atoms with Gasteiger partial charge in [0.2, 0.25) is 0 Å². The summed E-state index contributed by atoms with van der Waals surface area (Å²) in [6.07, 6.45) is -1.52. The predicted molar refractivity (Wildman–Crippen MR) is 148 cm³/mol. The molecule has 3 heterocycles. The Hall–Kier alpha value is -1.14. The molecule has 3 saturated heterocycles. The fraction of sp³-hybridized carbons (Fsp3) is 0.931. The van der Waals surface area contributed by atoms with Crippen LogP contribution in [0.1, 0.15) is 54.4 Å². The molecule has 3 aliphatic heterocycles. The highest BCUT2D eigenvalue weighted by molar-refractivity contribution is 6.04. The van der Waals surface area contributed by atoms with Crippen LogP contribution in [0.5, 0.6) is 0 Å². The Bertz CT molecular complexity index is 851. The van der Waals surface area contributed by atoms with Gasteiger partial charge in [0.25, 0.3) is 0 Å². The van der Waals surface area contributed by atoms with Gasteiger partial charge >= 0.3 is 5.97 Å². The van der Waals surface area contributed by atoms with Crippen LogP contribution in [0, 0.1) is 23.2 Å². The van der Waals surface area contributed by atoms with Crippen LogP contribution < -0.4 is 5.32 Å². The van der Waals surface area contributed by atoms with Gasteiger partial charge in [0.15, 0.2) is 12.1 Å². The van der Waals surface area contributed by atoms with Gasteiger partial charge in [0, 0.05) is 50.7 Å². The van der Waals surface area contributed by atoms with Crippen LogP contribution in [0.2, 0.25) is 0 Å². The van der Waals surface area contributed by atoms with E-state index in [0.29, 0.717) is 18.8 Å². The highest BCUT2D eigenvalue weighted by atomic mass is 16.7. The number of hydrogen-bond acceptors (Lipinski definition) is 10. The lowest BCUT2D eigenvalue weighted by atomic mass is 9.74. The number of carbonyl (C=O) groups excluding carboxylic acids is 2. The van der Waals surface area contributed by atoms with Gasteiger partial charge in [0.1, 0.15) is 18.1 Å². The largest absolute Gasteiger partial charge is 0.463 e. The number of likely N-dealkylation sites (N-methyl/N-ethyl adjacent to an activating group) is 2. The lowest BCUT2D eigenvalue weighted by molar-refractivity contribution is -0.295. The van der Waals surface area contributed by atoms with Gasteiger partial charge < -0.3 is 34.3 Å². The van der Waals surface area contributed by atoms with E-state index in [4.69, 9.17) is 18.9 Å². The summed E-state index contributed by atoms with van der Waals surface area (Å²) >= 11 is 0. The monoisotopic (exact) mass is 555 g/mol. The third-order valence-electron chi connectivity index (χ3n) is 9.28. The fourth-order valence-electron chi connectivity index (χ4n) is 6.64. The standard InChI is InChI=1S/C29H53N3O7/c1-17-12-29(6,36-10)25(39-26-23(33)21(31(7)8)11-18(2)38-26)19(3)24(34)28(4,5)27(35)37-16-22(32(9)15-17)20-13-30-14-20/h17-23,25-26,30,33H,11-16H2,1-10H3/t17-,18-,19+,21+,22?,23-,25-,26+,29-/m1/s1.